The van der Waals surface area contributed by atoms with E-state index in [0.29, 0.717) is 6.61 Å². The van der Waals surface area contributed by atoms with Crippen molar-refractivity contribution in [3.63, 3.8) is 0 Å². The van der Waals surface area contributed by atoms with E-state index >= 15 is 0 Å². The first-order valence-electron chi connectivity index (χ1n) is 7.32. The normalized spacial score (nSPS) is 22.1. The highest BCUT2D eigenvalue weighted by Gasteiger charge is 2.33. The highest BCUT2D eigenvalue weighted by Crippen LogP contribution is 2.30. The van der Waals surface area contributed by atoms with Crippen LogP contribution in [0.1, 0.15) is 18.1 Å². The number of hydrogen-bond donors (Lipinski definition) is 0. The maximum Gasteiger partial charge on any atom is 0.123 e. The highest BCUT2D eigenvalue weighted by molar-refractivity contribution is 5.85. The van der Waals surface area contributed by atoms with Crippen molar-refractivity contribution in [3.05, 3.63) is 71.5 Å². The van der Waals surface area contributed by atoms with Crippen molar-refractivity contribution in [2.45, 2.75) is 19.1 Å². The zero-order valence-electron chi connectivity index (χ0n) is 12.7. The molecule has 0 bridgehead atoms. The van der Waals surface area contributed by atoms with Gasteiger partial charge in [-0.1, -0.05) is 42.5 Å². The number of benzene rings is 2. The van der Waals surface area contributed by atoms with Gasteiger partial charge in [0.25, 0.3) is 0 Å². The summed E-state index contributed by atoms with van der Waals surface area (Å²) in [6, 6.07) is 17.1. The van der Waals surface area contributed by atoms with E-state index in [4.69, 9.17) is 4.74 Å². The molecule has 2 nitrogen and oxygen atoms in total. The number of ether oxygens (including phenoxy) is 1. The molecule has 1 saturated heterocycles. The third-order valence-electron chi connectivity index (χ3n) is 4.06. The van der Waals surface area contributed by atoms with Gasteiger partial charge in [-0.05, 0) is 30.2 Å². The van der Waals surface area contributed by atoms with Crippen LogP contribution in [0.25, 0.3) is 0 Å². The quantitative estimate of drug-likeness (QED) is 0.847. The lowest BCUT2D eigenvalue weighted by Gasteiger charge is -2.41. The molecule has 1 aliphatic rings. The molecule has 2 aromatic rings. The van der Waals surface area contributed by atoms with Crippen molar-refractivity contribution in [1.29, 1.82) is 0 Å². The van der Waals surface area contributed by atoms with Crippen LogP contribution < -0.4 is 0 Å². The van der Waals surface area contributed by atoms with Crippen molar-refractivity contribution in [3.8, 4) is 0 Å². The van der Waals surface area contributed by atoms with Gasteiger partial charge in [0, 0.05) is 19.6 Å². The van der Waals surface area contributed by atoms with Gasteiger partial charge >= 0.3 is 0 Å². The van der Waals surface area contributed by atoms with E-state index in [2.05, 4.69) is 36.1 Å². The van der Waals surface area contributed by atoms with Gasteiger partial charge in [0.1, 0.15) is 11.4 Å². The molecule has 0 aliphatic carbocycles. The minimum Gasteiger partial charge on any atom is -0.368 e. The molecule has 0 spiro atoms. The van der Waals surface area contributed by atoms with Gasteiger partial charge in [-0.25, -0.2) is 4.39 Å². The molecule has 0 saturated carbocycles. The average Bonchev–Trinajstić information content (AvgIpc) is 2.49. The van der Waals surface area contributed by atoms with Crippen molar-refractivity contribution >= 4 is 12.4 Å². The Morgan fingerprint density at radius 1 is 1.09 bits per heavy atom. The second-order valence-corrected chi connectivity index (χ2v) is 5.78. The fourth-order valence-corrected chi connectivity index (χ4v) is 2.91. The van der Waals surface area contributed by atoms with E-state index < -0.39 is 0 Å². The first kappa shape index (κ1) is 16.9. The predicted molar refractivity (Wildman–Crippen MR) is 88.7 cm³/mol. The maximum atomic E-state index is 13.1. The van der Waals surface area contributed by atoms with Gasteiger partial charge in [-0.15, -0.1) is 12.4 Å². The van der Waals surface area contributed by atoms with Gasteiger partial charge in [-0.3, -0.25) is 4.90 Å². The van der Waals surface area contributed by atoms with Crippen molar-refractivity contribution in [2.75, 3.05) is 19.7 Å². The number of morpholine rings is 1. The first-order chi connectivity index (χ1) is 10.2. The fourth-order valence-electron chi connectivity index (χ4n) is 2.91. The molecule has 4 heteroatoms. The molecule has 1 fully saturated rings. The molecule has 0 radical (unpaired) electrons. The van der Waals surface area contributed by atoms with E-state index in [1.807, 2.05) is 18.2 Å². The first-order valence-corrected chi connectivity index (χ1v) is 7.32. The van der Waals surface area contributed by atoms with Crippen molar-refractivity contribution in [2.24, 2.45) is 0 Å². The molecule has 118 valence electrons. The summed E-state index contributed by atoms with van der Waals surface area (Å²) >= 11 is 0. The van der Waals surface area contributed by atoms with E-state index in [-0.39, 0.29) is 23.8 Å². The zero-order chi connectivity index (χ0) is 14.7. The molecular formula is C18H21ClFNO. The Morgan fingerprint density at radius 2 is 1.77 bits per heavy atom. The second kappa shape index (κ2) is 7.23. The van der Waals surface area contributed by atoms with Gasteiger partial charge in [0.15, 0.2) is 0 Å². The lowest BCUT2D eigenvalue weighted by atomic mass is 9.93. The number of halogens is 2. The Hall–Kier alpha value is -1.42. The minimum absolute atomic E-state index is 0. The van der Waals surface area contributed by atoms with Crippen molar-refractivity contribution in [1.82, 2.24) is 4.90 Å². The van der Waals surface area contributed by atoms with Gasteiger partial charge in [0.2, 0.25) is 0 Å². The Kier molecular flexibility index (Phi) is 5.57. The van der Waals surface area contributed by atoms with Crippen LogP contribution in [0.3, 0.4) is 0 Å². The second-order valence-electron chi connectivity index (χ2n) is 5.78. The van der Waals surface area contributed by atoms with E-state index in [9.17, 15) is 4.39 Å². The molecule has 3 rings (SSSR count). The summed E-state index contributed by atoms with van der Waals surface area (Å²) in [5, 5.41) is 0. The third-order valence-corrected chi connectivity index (χ3v) is 4.06. The van der Waals surface area contributed by atoms with Gasteiger partial charge in [-0.2, -0.15) is 0 Å². The summed E-state index contributed by atoms with van der Waals surface area (Å²) in [6.45, 7) is 5.43. The number of rotatable bonds is 3. The van der Waals surface area contributed by atoms with Crippen LogP contribution in [-0.2, 0) is 16.9 Å². The van der Waals surface area contributed by atoms with Crippen LogP contribution in [0.5, 0.6) is 0 Å². The van der Waals surface area contributed by atoms with Crippen LogP contribution >= 0.6 is 12.4 Å². The summed E-state index contributed by atoms with van der Waals surface area (Å²) in [4.78, 5) is 2.39. The van der Waals surface area contributed by atoms with Crippen LogP contribution in [0.4, 0.5) is 4.39 Å². The standard InChI is InChI=1S/C18H20FNO.ClH/c1-18(16-7-9-17(19)10-8-16)14-20(11-12-21-18)13-15-5-3-2-4-6-15;/h2-10H,11-14H2,1H3;1H. The summed E-state index contributed by atoms with van der Waals surface area (Å²) in [5.74, 6) is -0.209. The summed E-state index contributed by atoms with van der Waals surface area (Å²) in [7, 11) is 0. The summed E-state index contributed by atoms with van der Waals surface area (Å²) < 4.78 is 19.1. The number of hydrogen-bond acceptors (Lipinski definition) is 2. The molecule has 1 unspecified atom stereocenters. The molecule has 0 amide bonds. The predicted octanol–water partition coefficient (Wildman–Crippen LogP) is 4.00. The Balaban J connectivity index is 0.00000176. The molecule has 1 aliphatic heterocycles. The molecule has 0 aromatic heterocycles. The lowest BCUT2D eigenvalue weighted by Crippen LogP contribution is -2.47. The largest absolute Gasteiger partial charge is 0.368 e. The van der Waals surface area contributed by atoms with Crippen LogP contribution in [-0.4, -0.2) is 24.6 Å². The molecule has 22 heavy (non-hydrogen) atoms. The highest BCUT2D eigenvalue weighted by atomic mass is 35.5. The zero-order valence-corrected chi connectivity index (χ0v) is 13.5. The van der Waals surface area contributed by atoms with Crippen LogP contribution in [0.15, 0.2) is 54.6 Å². The lowest BCUT2D eigenvalue weighted by molar-refractivity contribution is -0.105. The Bertz CT molecular complexity index is 590. The van der Waals surface area contributed by atoms with Crippen LogP contribution in [0, 0.1) is 5.82 Å². The summed E-state index contributed by atoms with van der Waals surface area (Å²) in [5.41, 5.74) is 1.96. The average molecular weight is 322 g/mol. The van der Waals surface area contributed by atoms with Gasteiger partial charge < -0.3 is 4.74 Å². The Morgan fingerprint density at radius 3 is 2.45 bits per heavy atom. The monoisotopic (exact) mass is 321 g/mol. The van der Waals surface area contributed by atoms with E-state index in [1.165, 1.54) is 17.7 Å². The molecule has 1 heterocycles. The fraction of sp³-hybridized carbons (Fsp3) is 0.333. The molecule has 0 N–H and O–H groups in total. The molecule has 1 atom stereocenters. The summed E-state index contributed by atoms with van der Waals surface area (Å²) in [6.07, 6.45) is 0. The smallest absolute Gasteiger partial charge is 0.123 e. The van der Waals surface area contributed by atoms with E-state index in [1.54, 1.807) is 0 Å². The van der Waals surface area contributed by atoms with Gasteiger partial charge in [0.05, 0.1) is 6.61 Å². The molecule has 2 aromatic carbocycles. The van der Waals surface area contributed by atoms with E-state index in [0.717, 1.165) is 25.2 Å². The van der Waals surface area contributed by atoms with Crippen molar-refractivity contribution < 1.29 is 9.13 Å². The van der Waals surface area contributed by atoms with Crippen LogP contribution in [0.2, 0.25) is 0 Å². The maximum absolute atomic E-state index is 13.1. The topological polar surface area (TPSA) is 12.5 Å². The Labute approximate surface area is 137 Å². The minimum atomic E-state index is -0.374. The third kappa shape index (κ3) is 3.86. The number of nitrogens with zero attached hydrogens (tertiary/aromatic N) is 1. The molecular weight excluding hydrogens is 301 g/mol. The SMILES string of the molecule is CC1(c2ccc(F)cc2)CN(Cc2ccccc2)CCO1.Cl.